The second kappa shape index (κ2) is 26.7. The molecule has 7 rings (SSSR count). The smallest absolute Gasteiger partial charge is 0.0594 e. The van der Waals surface area contributed by atoms with Gasteiger partial charge in [0.15, 0.2) is 0 Å². The zero-order valence-electron chi connectivity index (χ0n) is 34.4. The van der Waals surface area contributed by atoms with E-state index in [-0.39, 0.29) is 0 Å². The summed E-state index contributed by atoms with van der Waals surface area (Å²) in [5, 5.41) is 0. The van der Waals surface area contributed by atoms with Gasteiger partial charge in [-0.3, -0.25) is 4.90 Å². The second-order valence-electron chi connectivity index (χ2n) is 13.5. The van der Waals surface area contributed by atoms with Crippen LogP contribution in [0.15, 0.2) is 72.8 Å². The summed E-state index contributed by atoms with van der Waals surface area (Å²) in [7, 11) is 0. The molecule has 5 heteroatoms. The molecule has 4 heterocycles. The Kier molecular flexibility index (Phi) is 23.1. The summed E-state index contributed by atoms with van der Waals surface area (Å²) in [6.45, 7) is 29.8. The van der Waals surface area contributed by atoms with E-state index in [2.05, 4.69) is 113 Å². The lowest BCUT2D eigenvalue weighted by Gasteiger charge is -2.40. The number of anilines is 3. The van der Waals surface area contributed by atoms with Gasteiger partial charge in [-0.1, -0.05) is 94.6 Å². The van der Waals surface area contributed by atoms with Gasteiger partial charge in [-0.05, 0) is 109 Å². The highest BCUT2D eigenvalue weighted by atomic mass is 16.5. The van der Waals surface area contributed by atoms with Crippen LogP contribution in [-0.4, -0.2) is 76.5 Å². The van der Waals surface area contributed by atoms with Gasteiger partial charge in [0.2, 0.25) is 0 Å². The van der Waals surface area contributed by atoms with Crippen LogP contribution in [-0.2, 0) is 4.74 Å². The molecule has 0 N–H and O–H groups in total. The molecule has 3 aromatic rings. The maximum absolute atomic E-state index is 5.44. The first-order valence-corrected chi connectivity index (χ1v) is 20.8. The minimum Gasteiger partial charge on any atom is -0.379 e. The van der Waals surface area contributed by atoms with Crippen LogP contribution in [0.1, 0.15) is 110 Å². The van der Waals surface area contributed by atoms with Crippen LogP contribution in [0.25, 0.3) is 0 Å². The lowest BCUT2D eigenvalue weighted by atomic mass is 10.0. The van der Waals surface area contributed by atoms with E-state index in [4.69, 9.17) is 4.74 Å². The number of rotatable bonds is 4. The Hall–Kier alpha value is -3.02. The minimum atomic E-state index is 0.769. The monoisotopic (exact) mass is 701 g/mol. The molecule has 286 valence electrons. The fourth-order valence-electron chi connectivity index (χ4n) is 7.00. The third kappa shape index (κ3) is 16.0. The molecule has 0 amide bonds. The number of benzene rings is 3. The summed E-state index contributed by atoms with van der Waals surface area (Å²) in [4.78, 5) is 10.1. The molecule has 4 saturated heterocycles. The summed E-state index contributed by atoms with van der Waals surface area (Å²) >= 11 is 0. The van der Waals surface area contributed by atoms with Crippen molar-refractivity contribution >= 4 is 17.1 Å². The van der Waals surface area contributed by atoms with Gasteiger partial charge >= 0.3 is 0 Å². The molecule has 51 heavy (non-hydrogen) atoms. The zero-order valence-corrected chi connectivity index (χ0v) is 34.4. The van der Waals surface area contributed by atoms with E-state index in [9.17, 15) is 0 Å². The maximum atomic E-state index is 5.44. The van der Waals surface area contributed by atoms with Crippen LogP contribution in [0.5, 0.6) is 0 Å². The molecule has 0 atom stereocenters. The van der Waals surface area contributed by atoms with E-state index in [0.717, 1.165) is 32.3 Å². The van der Waals surface area contributed by atoms with Crippen LogP contribution in [0.4, 0.5) is 17.1 Å². The Labute approximate surface area is 315 Å². The predicted molar refractivity (Wildman–Crippen MR) is 227 cm³/mol. The van der Waals surface area contributed by atoms with Crippen LogP contribution in [0, 0.1) is 20.8 Å². The lowest BCUT2D eigenvalue weighted by Crippen LogP contribution is -2.49. The first-order chi connectivity index (χ1) is 25.0. The molecule has 0 bridgehead atoms. The summed E-state index contributed by atoms with van der Waals surface area (Å²) < 4.78 is 5.44. The summed E-state index contributed by atoms with van der Waals surface area (Å²) in [6, 6.07) is 27.4. The molecule has 5 nitrogen and oxygen atoms in total. The van der Waals surface area contributed by atoms with Crippen molar-refractivity contribution in [3.8, 4) is 0 Å². The van der Waals surface area contributed by atoms with Gasteiger partial charge < -0.3 is 19.4 Å². The Morgan fingerprint density at radius 1 is 0.392 bits per heavy atom. The van der Waals surface area contributed by atoms with Crippen molar-refractivity contribution in [2.75, 3.05) is 80.3 Å². The number of piperidine rings is 3. The molecule has 0 aromatic heterocycles. The molecular formula is C46H76N4O. The fraction of sp³-hybridized carbons (Fsp3) is 0.609. The first kappa shape index (κ1) is 44.1. The molecule has 4 fully saturated rings. The van der Waals surface area contributed by atoms with Crippen LogP contribution < -0.4 is 14.7 Å². The average Bonchev–Trinajstić information content (AvgIpc) is 3.23. The van der Waals surface area contributed by atoms with Crippen molar-refractivity contribution in [3.63, 3.8) is 0 Å². The third-order valence-corrected chi connectivity index (χ3v) is 9.94. The molecule has 4 aliphatic heterocycles. The predicted octanol–water partition coefficient (Wildman–Crippen LogP) is 11.3. The molecule has 0 unspecified atom stereocenters. The zero-order chi connectivity index (χ0) is 37.3. The maximum Gasteiger partial charge on any atom is 0.0594 e. The van der Waals surface area contributed by atoms with E-state index in [1.165, 1.54) is 124 Å². The van der Waals surface area contributed by atoms with Crippen LogP contribution in [0.2, 0.25) is 0 Å². The number of nitrogens with zero attached hydrogens (tertiary/aromatic N) is 4. The number of hydrogen-bond donors (Lipinski definition) is 0. The summed E-state index contributed by atoms with van der Waals surface area (Å²) in [6.07, 6.45) is 10.8. The highest BCUT2D eigenvalue weighted by Crippen LogP contribution is 2.24. The summed E-state index contributed by atoms with van der Waals surface area (Å²) in [5.41, 5.74) is 8.20. The normalized spacial score (nSPS) is 17.7. The van der Waals surface area contributed by atoms with Gasteiger partial charge in [-0.15, -0.1) is 0 Å². The molecular weight excluding hydrogens is 625 g/mol. The first-order valence-electron chi connectivity index (χ1n) is 20.8. The number of morpholine rings is 1. The third-order valence-electron chi connectivity index (χ3n) is 9.94. The van der Waals surface area contributed by atoms with Crippen LogP contribution in [0.3, 0.4) is 0 Å². The van der Waals surface area contributed by atoms with Gasteiger partial charge in [-0.25, -0.2) is 0 Å². The van der Waals surface area contributed by atoms with Crippen molar-refractivity contribution < 1.29 is 4.74 Å². The van der Waals surface area contributed by atoms with Crippen LogP contribution >= 0.6 is 0 Å². The van der Waals surface area contributed by atoms with Crippen molar-refractivity contribution in [3.05, 3.63) is 89.5 Å². The molecule has 0 saturated carbocycles. The molecule has 0 radical (unpaired) electrons. The Bertz CT molecular complexity index is 1160. The van der Waals surface area contributed by atoms with E-state index in [0.29, 0.717) is 0 Å². The van der Waals surface area contributed by atoms with Gasteiger partial charge in [-0.2, -0.15) is 0 Å². The number of ether oxygens (including phenoxy) is 1. The number of aryl methyl sites for hydroxylation is 3. The van der Waals surface area contributed by atoms with Gasteiger partial charge in [0.05, 0.1) is 13.2 Å². The highest BCUT2D eigenvalue weighted by Gasteiger charge is 2.25. The van der Waals surface area contributed by atoms with Gasteiger partial charge in [0.25, 0.3) is 0 Å². The van der Waals surface area contributed by atoms with E-state index >= 15 is 0 Å². The largest absolute Gasteiger partial charge is 0.379 e. The second-order valence-corrected chi connectivity index (χ2v) is 13.5. The quantitative estimate of drug-likeness (QED) is 0.269. The van der Waals surface area contributed by atoms with Crippen molar-refractivity contribution in [1.82, 2.24) is 4.90 Å². The highest BCUT2D eigenvalue weighted by molar-refractivity contribution is 5.49. The van der Waals surface area contributed by atoms with Crippen molar-refractivity contribution in [2.45, 2.75) is 120 Å². The van der Waals surface area contributed by atoms with Crippen molar-refractivity contribution in [2.24, 2.45) is 0 Å². The SMILES string of the molecule is CC.CC.CC.Cc1ccc(N2CCC(N3CCOCC3)CC2)cc1.Cc1ccc(N2CCCCC2)cc1.Cc1ccc(N2CCCCC2)cc1. The van der Waals surface area contributed by atoms with Crippen molar-refractivity contribution in [1.29, 1.82) is 0 Å². The molecule has 0 aliphatic carbocycles. The lowest BCUT2D eigenvalue weighted by molar-refractivity contribution is 0.0115. The summed E-state index contributed by atoms with van der Waals surface area (Å²) in [5.74, 6) is 0. The Balaban J connectivity index is 0.000000252. The van der Waals surface area contributed by atoms with E-state index < -0.39 is 0 Å². The molecule has 3 aromatic carbocycles. The van der Waals surface area contributed by atoms with Gasteiger partial charge in [0, 0.05) is 75.5 Å². The Morgan fingerprint density at radius 3 is 1.00 bits per heavy atom. The topological polar surface area (TPSA) is 22.2 Å². The minimum absolute atomic E-state index is 0.769. The number of hydrogen-bond acceptors (Lipinski definition) is 5. The molecule has 4 aliphatic rings. The fourth-order valence-corrected chi connectivity index (χ4v) is 7.00. The average molecular weight is 701 g/mol. The van der Waals surface area contributed by atoms with Gasteiger partial charge in [0.1, 0.15) is 0 Å². The molecule has 0 spiro atoms. The van der Waals surface area contributed by atoms with E-state index in [1.54, 1.807) is 0 Å². The Morgan fingerprint density at radius 2 is 0.686 bits per heavy atom. The van der Waals surface area contributed by atoms with E-state index in [1.807, 2.05) is 41.5 Å². The standard InChI is InChI=1S/C16H24N2O.2C12H17N.3C2H6/c1-14-2-4-15(5-3-14)17-8-6-16(7-9-17)18-10-12-19-13-11-18;2*1-11-5-7-12(8-6-11)13-9-3-2-4-10-13;3*1-2/h2-5,16H,6-13H2,1H3;2*5-8H,2-4,9-10H2,1H3;3*1-2H3.